The van der Waals surface area contributed by atoms with Gasteiger partial charge in [0.15, 0.2) is 0 Å². The van der Waals surface area contributed by atoms with E-state index in [2.05, 4.69) is 20.9 Å². The van der Waals surface area contributed by atoms with E-state index < -0.39 is 0 Å². The molecule has 0 atom stereocenters. The first kappa shape index (κ1) is 11.0. The summed E-state index contributed by atoms with van der Waals surface area (Å²) in [6.45, 7) is 0. The molecule has 4 heteroatoms. The van der Waals surface area contributed by atoms with Crippen LogP contribution >= 0.6 is 15.9 Å². The van der Waals surface area contributed by atoms with E-state index in [0.29, 0.717) is 5.69 Å². The van der Waals surface area contributed by atoms with E-state index >= 15 is 0 Å². The molecule has 2 aromatic rings. The van der Waals surface area contributed by atoms with Crippen LogP contribution in [0.1, 0.15) is 10.5 Å². The molecule has 0 saturated heterocycles. The zero-order valence-corrected chi connectivity index (χ0v) is 10.2. The fraction of sp³-hybridized carbons (Fsp3) is 0.0833. The SMILES string of the molecule is COC(=O)c1[nH]ccc1-c1cccc(Br)c1. The van der Waals surface area contributed by atoms with Crippen molar-refractivity contribution < 1.29 is 9.53 Å². The van der Waals surface area contributed by atoms with Crippen molar-refractivity contribution in [2.24, 2.45) is 0 Å². The first-order valence-corrected chi connectivity index (χ1v) is 5.53. The Morgan fingerprint density at radius 1 is 1.38 bits per heavy atom. The van der Waals surface area contributed by atoms with Gasteiger partial charge in [-0.15, -0.1) is 0 Å². The summed E-state index contributed by atoms with van der Waals surface area (Å²) in [5, 5.41) is 0. The summed E-state index contributed by atoms with van der Waals surface area (Å²) >= 11 is 3.40. The molecule has 0 amide bonds. The second-order valence-electron chi connectivity index (χ2n) is 3.27. The lowest BCUT2D eigenvalue weighted by atomic mass is 10.1. The van der Waals surface area contributed by atoms with Gasteiger partial charge in [-0.05, 0) is 23.8 Å². The fourth-order valence-corrected chi connectivity index (χ4v) is 1.94. The van der Waals surface area contributed by atoms with Gasteiger partial charge in [0.1, 0.15) is 5.69 Å². The van der Waals surface area contributed by atoms with Gasteiger partial charge in [-0.3, -0.25) is 0 Å². The van der Waals surface area contributed by atoms with Crippen molar-refractivity contribution in [2.75, 3.05) is 7.11 Å². The maximum atomic E-state index is 11.5. The quantitative estimate of drug-likeness (QED) is 0.858. The summed E-state index contributed by atoms with van der Waals surface area (Å²) in [4.78, 5) is 14.4. The molecule has 82 valence electrons. The lowest BCUT2D eigenvalue weighted by Gasteiger charge is -2.03. The van der Waals surface area contributed by atoms with Crippen LogP contribution in [0.4, 0.5) is 0 Å². The molecule has 0 aliphatic carbocycles. The molecule has 0 aliphatic rings. The molecular weight excluding hydrogens is 270 g/mol. The summed E-state index contributed by atoms with van der Waals surface area (Å²) in [6.07, 6.45) is 1.72. The van der Waals surface area contributed by atoms with Crippen molar-refractivity contribution in [3.63, 3.8) is 0 Å². The first-order chi connectivity index (χ1) is 7.72. The highest BCUT2D eigenvalue weighted by Gasteiger charge is 2.14. The average Bonchev–Trinajstić information content (AvgIpc) is 2.77. The first-order valence-electron chi connectivity index (χ1n) is 4.74. The number of hydrogen-bond donors (Lipinski definition) is 1. The van der Waals surface area contributed by atoms with Crippen molar-refractivity contribution >= 4 is 21.9 Å². The van der Waals surface area contributed by atoms with Crippen LogP contribution < -0.4 is 0 Å². The molecule has 0 unspecified atom stereocenters. The number of H-pyrrole nitrogens is 1. The number of benzene rings is 1. The third-order valence-corrected chi connectivity index (χ3v) is 2.77. The van der Waals surface area contributed by atoms with Crippen molar-refractivity contribution in [1.82, 2.24) is 4.98 Å². The van der Waals surface area contributed by atoms with E-state index in [0.717, 1.165) is 15.6 Å². The second kappa shape index (κ2) is 4.53. The van der Waals surface area contributed by atoms with Gasteiger partial charge in [0.05, 0.1) is 7.11 Å². The topological polar surface area (TPSA) is 42.1 Å². The van der Waals surface area contributed by atoms with Crippen molar-refractivity contribution in [2.45, 2.75) is 0 Å². The Hall–Kier alpha value is -1.55. The monoisotopic (exact) mass is 279 g/mol. The van der Waals surface area contributed by atoms with Gasteiger partial charge in [-0.1, -0.05) is 28.1 Å². The number of methoxy groups -OCH3 is 1. The number of nitrogens with one attached hydrogen (secondary N) is 1. The Morgan fingerprint density at radius 3 is 2.88 bits per heavy atom. The van der Waals surface area contributed by atoms with Gasteiger partial charge in [0.2, 0.25) is 0 Å². The van der Waals surface area contributed by atoms with E-state index in [9.17, 15) is 4.79 Å². The fourth-order valence-electron chi connectivity index (χ4n) is 1.54. The number of rotatable bonds is 2. The minimum Gasteiger partial charge on any atom is -0.464 e. The van der Waals surface area contributed by atoms with Crippen LogP contribution in [0.25, 0.3) is 11.1 Å². The Morgan fingerprint density at radius 2 is 2.19 bits per heavy atom. The maximum Gasteiger partial charge on any atom is 0.355 e. The Balaban J connectivity index is 2.48. The average molecular weight is 280 g/mol. The van der Waals surface area contributed by atoms with Crippen LogP contribution in [-0.4, -0.2) is 18.1 Å². The highest BCUT2D eigenvalue weighted by molar-refractivity contribution is 9.10. The van der Waals surface area contributed by atoms with Crippen LogP contribution in [0.3, 0.4) is 0 Å². The molecule has 3 nitrogen and oxygen atoms in total. The molecule has 2 rings (SSSR count). The maximum absolute atomic E-state index is 11.5. The zero-order chi connectivity index (χ0) is 11.5. The number of carbonyl (C=O) groups excluding carboxylic acids is 1. The number of carbonyl (C=O) groups is 1. The van der Waals surface area contributed by atoms with E-state index in [1.54, 1.807) is 6.20 Å². The van der Waals surface area contributed by atoms with Crippen molar-refractivity contribution in [3.05, 3.63) is 46.7 Å². The molecule has 0 aliphatic heterocycles. The molecule has 1 aromatic heterocycles. The minimum atomic E-state index is -0.361. The van der Waals surface area contributed by atoms with Crippen LogP contribution in [0.15, 0.2) is 41.0 Å². The van der Waals surface area contributed by atoms with Gasteiger partial charge in [-0.2, -0.15) is 0 Å². The molecular formula is C12H10BrNO2. The molecule has 1 heterocycles. The molecule has 1 aromatic carbocycles. The summed E-state index contributed by atoms with van der Waals surface area (Å²) in [7, 11) is 1.37. The van der Waals surface area contributed by atoms with Crippen LogP contribution in [0.5, 0.6) is 0 Å². The largest absolute Gasteiger partial charge is 0.464 e. The van der Waals surface area contributed by atoms with Gasteiger partial charge < -0.3 is 9.72 Å². The number of hydrogen-bond acceptors (Lipinski definition) is 2. The van der Waals surface area contributed by atoms with Crippen LogP contribution in [-0.2, 0) is 4.74 Å². The highest BCUT2D eigenvalue weighted by atomic mass is 79.9. The molecule has 0 spiro atoms. The smallest absolute Gasteiger partial charge is 0.355 e. The van der Waals surface area contributed by atoms with Crippen LogP contribution in [0, 0.1) is 0 Å². The summed E-state index contributed by atoms with van der Waals surface area (Å²) in [5.41, 5.74) is 2.28. The van der Waals surface area contributed by atoms with Gasteiger partial charge in [-0.25, -0.2) is 4.79 Å². The van der Waals surface area contributed by atoms with Gasteiger partial charge in [0, 0.05) is 16.2 Å². The summed E-state index contributed by atoms with van der Waals surface area (Å²) in [6, 6.07) is 9.62. The number of halogens is 1. The zero-order valence-electron chi connectivity index (χ0n) is 8.66. The lowest BCUT2D eigenvalue weighted by Crippen LogP contribution is -2.03. The molecule has 0 bridgehead atoms. The predicted octanol–water partition coefficient (Wildman–Crippen LogP) is 3.23. The van der Waals surface area contributed by atoms with Crippen LogP contribution in [0.2, 0.25) is 0 Å². The third-order valence-electron chi connectivity index (χ3n) is 2.27. The number of esters is 1. The number of aromatic amines is 1. The van der Waals surface area contributed by atoms with Gasteiger partial charge in [0.25, 0.3) is 0 Å². The second-order valence-corrected chi connectivity index (χ2v) is 4.18. The summed E-state index contributed by atoms with van der Waals surface area (Å²) < 4.78 is 5.68. The van der Waals surface area contributed by atoms with E-state index in [1.807, 2.05) is 30.3 Å². The molecule has 0 radical (unpaired) electrons. The Kier molecular flexibility index (Phi) is 3.10. The number of aromatic nitrogens is 1. The van der Waals surface area contributed by atoms with Gasteiger partial charge >= 0.3 is 5.97 Å². The number of ether oxygens (including phenoxy) is 1. The molecule has 0 saturated carbocycles. The molecule has 1 N–H and O–H groups in total. The predicted molar refractivity (Wildman–Crippen MR) is 65.3 cm³/mol. The van der Waals surface area contributed by atoms with Crippen molar-refractivity contribution in [1.29, 1.82) is 0 Å². The van der Waals surface area contributed by atoms with E-state index in [-0.39, 0.29) is 5.97 Å². The lowest BCUT2D eigenvalue weighted by molar-refractivity contribution is 0.0596. The highest BCUT2D eigenvalue weighted by Crippen LogP contribution is 2.26. The van der Waals surface area contributed by atoms with E-state index in [1.165, 1.54) is 7.11 Å². The Labute approximate surface area is 102 Å². The Bertz CT molecular complexity index is 519. The van der Waals surface area contributed by atoms with E-state index in [4.69, 9.17) is 4.74 Å². The van der Waals surface area contributed by atoms with Crippen molar-refractivity contribution in [3.8, 4) is 11.1 Å². The molecule has 16 heavy (non-hydrogen) atoms. The molecule has 0 fully saturated rings. The third kappa shape index (κ3) is 2.02. The minimum absolute atomic E-state index is 0.361. The standard InChI is InChI=1S/C12H10BrNO2/c1-16-12(15)11-10(5-6-14-11)8-3-2-4-9(13)7-8/h2-7,14H,1H3. The summed E-state index contributed by atoms with van der Waals surface area (Å²) in [5.74, 6) is -0.361. The normalized spacial score (nSPS) is 10.1.